The molecule has 0 spiro atoms. The number of carbonyl (C=O) groups excluding carboxylic acids is 1. The van der Waals surface area contributed by atoms with Gasteiger partial charge in [-0.1, -0.05) is 54.6 Å². The van der Waals surface area contributed by atoms with E-state index in [0.717, 1.165) is 28.1 Å². The molecule has 7 nitrogen and oxygen atoms in total. The maximum Gasteiger partial charge on any atom is 0.337 e. The van der Waals surface area contributed by atoms with E-state index in [9.17, 15) is 14.7 Å². The molecule has 3 aromatic carbocycles. The number of carboxylic acid groups (broad SMARTS) is 1. The van der Waals surface area contributed by atoms with Gasteiger partial charge in [0.1, 0.15) is 5.75 Å². The molecule has 0 bridgehead atoms. The molecule has 0 atom stereocenters. The van der Waals surface area contributed by atoms with Crippen molar-refractivity contribution in [2.75, 3.05) is 6.61 Å². The lowest BCUT2D eigenvalue weighted by molar-refractivity contribution is -0.123. The summed E-state index contributed by atoms with van der Waals surface area (Å²) in [6.45, 7) is 3.59. The topological polar surface area (TPSA) is 92.9 Å². The van der Waals surface area contributed by atoms with E-state index in [-0.39, 0.29) is 12.2 Å². The maximum absolute atomic E-state index is 12.2. The van der Waals surface area contributed by atoms with E-state index in [1.54, 1.807) is 24.3 Å². The molecule has 0 fully saturated rings. The predicted molar refractivity (Wildman–Crippen MR) is 135 cm³/mol. The van der Waals surface area contributed by atoms with Gasteiger partial charge in [0.05, 0.1) is 17.5 Å². The van der Waals surface area contributed by atoms with Crippen LogP contribution >= 0.6 is 0 Å². The zero-order valence-corrected chi connectivity index (χ0v) is 19.4. The first-order valence-electron chi connectivity index (χ1n) is 11.1. The molecule has 0 aliphatic carbocycles. The van der Waals surface area contributed by atoms with E-state index in [0.29, 0.717) is 11.4 Å². The van der Waals surface area contributed by atoms with E-state index in [4.69, 9.17) is 4.74 Å². The summed E-state index contributed by atoms with van der Waals surface area (Å²) >= 11 is 0. The molecule has 1 heterocycles. The van der Waals surface area contributed by atoms with Crippen LogP contribution in [0.3, 0.4) is 0 Å². The molecule has 1 amide bonds. The van der Waals surface area contributed by atoms with Gasteiger partial charge in [0.15, 0.2) is 6.61 Å². The number of carbonyl (C=O) groups is 2. The van der Waals surface area contributed by atoms with Gasteiger partial charge in [0, 0.05) is 17.0 Å². The molecule has 0 saturated heterocycles. The van der Waals surface area contributed by atoms with Crippen molar-refractivity contribution in [3.05, 3.63) is 107 Å². The molecule has 0 saturated carbocycles. The van der Waals surface area contributed by atoms with Gasteiger partial charge in [0.2, 0.25) is 0 Å². The Bertz CT molecular complexity index is 1370. The largest absolute Gasteiger partial charge is 0.484 e. The highest BCUT2D eigenvalue weighted by molar-refractivity contribution is 5.92. The molecule has 7 heteroatoms. The lowest BCUT2D eigenvalue weighted by Crippen LogP contribution is -2.24. The maximum atomic E-state index is 12.2. The number of hydrogen-bond donors (Lipinski definition) is 2. The second-order valence-electron chi connectivity index (χ2n) is 7.96. The van der Waals surface area contributed by atoms with Crippen LogP contribution in [0.5, 0.6) is 5.75 Å². The van der Waals surface area contributed by atoms with Gasteiger partial charge >= 0.3 is 5.97 Å². The number of aryl methyl sites for hydroxylation is 1. The summed E-state index contributed by atoms with van der Waals surface area (Å²) in [5.41, 5.74) is 7.85. The average molecular weight is 468 g/mol. The molecule has 1 aromatic heterocycles. The number of carboxylic acids is 1. The number of nitrogens with zero attached hydrogens (tertiary/aromatic N) is 2. The molecule has 0 aliphatic heterocycles. The van der Waals surface area contributed by atoms with Crippen molar-refractivity contribution in [2.24, 2.45) is 5.10 Å². The number of aromatic nitrogens is 1. The molecule has 0 radical (unpaired) electrons. The first kappa shape index (κ1) is 23.5. The van der Waals surface area contributed by atoms with Crippen molar-refractivity contribution < 1.29 is 19.4 Å². The molecular formula is C28H25N3O4. The second-order valence-corrected chi connectivity index (χ2v) is 7.96. The number of hydrazone groups is 1. The number of aromatic carboxylic acids is 1. The quantitative estimate of drug-likeness (QED) is 0.282. The first-order valence-corrected chi connectivity index (χ1v) is 11.1. The van der Waals surface area contributed by atoms with Gasteiger partial charge in [-0.05, 0) is 55.3 Å². The standard InChI is InChI=1S/C28H25N3O4/c1-19-16-23(20(2)31(19)26-11-7-6-10-25(26)28(33)34)17-29-30-27(32)18-35-24-14-12-22(13-15-24)21-8-4-3-5-9-21/h3-17H,18H2,1-2H3,(H,30,32)(H,33,34)/b29-17+. The molecule has 0 unspecified atom stereocenters. The van der Waals surface area contributed by atoms with Crippen LogP contribution in [0.4, 0.5) is 0 Å². The Morgan fingerprint density at radius 2 is 1.60 bits per heavy atom. The highest BCUT2D eigenvalue weighted by Gasteiger charge is 2.16. The number of nitrogens with one attached hydrogen (secondary N) is 1. The summed E-state index contributed by atoms with van der Waals surface area (Å²) in [5, 5.41) is 13.6. The van der Waals surface area contributed by atoms with Gasteiger partial charge in [0.25, 0.3) is 5.91 Å². The zero-order valence-electron chi connectivity index (χ0n) is 19.4. The summed E-state index contributed by atoms with van der Waals surface area (Å²) in [4.78, 5) is 23.8. The van der Waals surface area contributed by atoms with E-state index in [1.807, 2.05) is 79.1 Å². The van der Waals surface area contributed by atoms with Crippen LogP contribution in [0, 0.1) is 13.8 Å². The van der Waals surface area contributed by atoms with Gasteiger partial charge in [-0.15, -0.1) is 0 Å². The van der Waals surface area contributed by atoms with Gasteiger partial charge in [-0.3, -0.25) is 4.79 Å². The van der Waals surface area contributed by atoms with E-state index < -0.39 is 11.9 Å². The molecule has 35 heavy (non-hydrogen) atoms. The van der Waals surface area contributed by atoms with Gasteiger partial charge in [-0.2, -0.15) is 5.10 Å². The lowest BCUT2D eigenvalue weighted by Gasteiger charge is -2.12. The number of hydrogen-bond acceptors (Lipinski definition) is 4. The number of benzene rings is 3. The highest BCUT2D eigenvalue weighted by Crippen LogP contribution is 2.23. The lowest BCUT2D eigenvalue weighted by atomic mass is 10.1. The molecule has 176 valence electrons. The van der Waals surface area contributed by atoms with E-state index >= 15 is 0 Å². The Kier molecular flexibility index (Phi) is 7.07. The molecule has 4 rings (SSSR count). The molecule has 2 N–H and O–H groups in total. The van der Waals surface area contributed by atoms with Crippen molar-refractivity contribution in [2.45, 2.75) is 13.8 Å². The summed E-state index contributed by atoms with van der Waals surface area (Å²) in [6, 6.07) is 26.2. The Morgan fingerprint density at radius 3 is 2.31 bits per heavy atom. The fraction of sp³-hybridized carbons (Fsp3) is 0.107. The van der Waals surface area contributed by atoms with Crippen molar-refractivity contribution in [3.8, 4) is 22.6 Å². The third kappa shape index (κ3) is 5.47. The van der Waals surface area contributed by atoms with Crippen LogP contribution in [0.2, 0.25) is 0 Å². The molecular weight excluding hydrogens is 442 g/mol. The Balaban J connectivity index is 1.36. The Hall–Kier alpha value is -4.65. The third-order valence-corrected chi connectivity index (χ3v) is 5.57. The first-order chi connectivity index (χ1) is 16.9. The third-order valence-electron chi connectivity index (χ3n) is 5.57. The Morgan fingerprint density at radius 1 is 0.943 bits per heavy atom. The van der Waals surface area contributed by atoms with Crippen LogP contribution in [-0.4, -0.2) is 34.4 Å². The van der Waals surface area contributed by atoms with Crippen LogP contribution in [0.15, 0.2) is 90.0 Å². The van der Waals surface area contributed by atoms with Crippen LogP contribution in [0.25, 0.3) is 16.8 Å². The van der Waals surface area contributed by atoms with Crippen molar-refractivity contribution in [3.63, 3.8) is 0 Å². The highest BCUT2D eigenvalue weighted by atomic mass is 16.5. The number of para-hydroxylation sites is 1. The second kappa shape index (κ2) is 10.5. The van der Waals surface area contributed by atoms with Crippen LogP contribution in [0.1, 0.15) is 27.3 Å². The van der Waals surface area contributed by atoms with E-state index in [2.05, 4.69) is 10.5 Å². The average Bonchev–Trinajstić information content (AvgIpc) is 3.16. The number of amides is 1. The smallest absolute Gasteiger partial charge is 0.337 e. The fourth-order valence-electron chi connectivity index (χ4n) is 3.87. The van der Waals surface area contributed by atoms with Gasteiger partial charge in [-0.25, -0.2) is 10.2 Å². The minimum Gasteiger partial charge on any atom is -0.484 e. The number of ether oxygens (including phenoxy) is 1. The monoisotopic (exact) mass is 467 g/mol. The summed E-state index contributed by atoms with van der Waals surface area (Å²) in [5.74, 6) is -0.798. The predicted octanol–water partition coefficient (Wildman–Crippen LogP) is 4.99. The van der Waals surface area contributed by atoms with Gasteiger partial charge < -0.3 is 14.4 Å². The summed E-state index contributed by atoms with van der Waals surface area (Å²) < 4.78 is 7.41. The summed E-state index contributed by atoms with van der Waals surface area (Å²) in [7, 11) is 0. The summed E-state index contributed by atoms with van der Waals surface area (Å²) in [6.07, 6.45) is 1.54. The van der Waals surface area contributed by atoms with Crippen LogP contribution in [-0.2, 0) is 4.79 Å². The number of rotatable bonds is 8. The van der Waals surface area contributed by atoms with Crippen molar-refractivity contribution in [1.29, 1.82) is 0 Å². The normalized spacial score (nSPS) is 10.9. The van der Waals surface area contributed by atoms with Crippen LogP contribution < -0.4 is 10.2 Å². The van der Waals surface area contributed by atoms with E-state index in [1.165, 1.54) is 6.21 Å². The molecule has 4 aromatic rings. The molecule has 0 aliphatic rings. The zero-order chi connectivity index (χ0) is 24.8. The van der Waals surface area contributed by atoms with Crippen molar-refractivity contribution >= 4 is 18.1 Å². The Labute approximate surface area is 203 Å². The SMILES string of the molecule is Cc1cc(/C=N/NC(=O)COc2ccc(-c3ccccc3)cc2)c(C)n1-c1ccccc1C(=O)O. The van der Waals surface area contributed by atoms with Crippen molar-refractivity contribution in [1.82, 2.24) is 9.99 Å². The minimum absolute atomic E-state index is 0.174. The fourth-order valence-corrected chi connectivity index (χ4v) is 3.87. The minimum atomic E-state index is -0.995.